The fourth-order valence-corrected chi connectivity index (χ4v) is 2.10. The molecule has 1 fully saturated rings. The van der Waals surface area contributed by atoms with Crippen molar-refractivity contribution in [2.45, 2.75) is 38.6 Å². The molecule has 0 radical (unpaired) electrons. The first-order chi connectivity index (χ1) is 9.98. The molecule has 1 unspecified atom stereocenters. The van der Waals surface area contributed by atoms with E-state index in [1.807, 2.05) is 26.0 Å². The van der Waals surface area contributed by atoms with Crippen LogP contribution >= 0.6 is 0 Å². The lowest BCUT2D eigenvalue weighted by Gasteiger charge is -2.20. The first kappa shape index (κ1) is 15.9. The molecule has 1 saturated heterocycles. The molecule has 1 aromatic carbocycles. The number of carbonyl (C=O) groups excluding carboxylic acids is 1. The third-order valence-corrected chi connectivity index (χ3v) is 3.46. The zero-order chi connectivity index (χ0) is 15.3. The summed E-state index contributed by atoms with van der Waals surface area (Å²) in [5.74, 6) is -0.188. The number of hydrogen-bond donors (Lipinski definition) is 2. The van der Waals surface area contributed by atoms with Crippen molar-refractivity contribution in [1.82, 2.24) is 5.32 Å². The molecule has 0 bridgehead atoms. The van der Waals surface area contributed by atoms with E-state index in [-0.39, 0.29) is 25.2 Å². The molecule has 2 rings (SSSR count). The lowest BCUT2D eigenvalue weighted by Crippen LogP contribution is -2.43. The third kappa shape index (κ3) is 4.81. The van der Waals surface area contributed by atoms with Crippen LogP contribution in [0.2, 0.25) is 0 Å². The van der Waals surface area contributed by atoms with E-state index in [2.05, 4.69) is 5.32 Å². The average molecular weight is 293 g/mol. The Labute approximate surface area is 125 Å². The molecule has 21 heavy (non-hydrogen) atoms. The van der Waals surface area contributed by atoms with Gasteiger partial charge in [0.1, 0.15) is 5.60 Å². The van der Waals surface area contributed by atoms with Crippen LogP contribution in [-0.2, 0) is 16.1 Å². The van der Waals surface area contributed by atoms with Crippen molar-refractivity contribution in [3.05, 3.63) is 35.4 Å². The van der Waals surface area contributed by atoms with E-state index in [4.69, 9.17) is 9.47 Å². The molecule has 1 aromatic rings. The van der Waals surface area contributed by atoms with Crippen molar-refractivity contribution in [2.24, 2.45) is 0 Å². The van der Waals surface area contributed by atoms with Gasteiger partial charge >= 0.3 is 0 Å². The molecule has 0 spiro atoms. The third-order valence-electron chi connectivity index (χ3n) is 3.46. The van der Waals surface area contributed by atoms with Gasteiger partial charge in [-0.25, -0.2) is 0 Å². The molecule has 1 aliphatic heterocycles. The lowest BCUT2D eigenvalue weighted by molar-refractivity contribution is 0.0264. The van der Waals surface area contributed by atoms with Gasteiger partial charge in [-0.3, -0.25) is 4.79 Å². The molecule has 1 aliphatic rings. The average Bonchev–Trinajstić information content (AvgIpc) is 2.90. The van der Waals surface area contributed by atoms with Gasteiger partial charge < -0.3 is 19.9 Å². The zero-order valence-corrected chi connectivity index (χ0v) is 12.6. The maximum absolute atomic E-state index is 12.0. The van der Waals surface area contributed by atoms with E-state index in [9.17, 15) is 9.90 Å². The first-order valence-electron chi connectivity index (χ1n) is 7.27. The normalized spacial score (nSPS) is 21.7. The van der Waals surface area contributed by atoms with E-state index >= 15 is 0 Å². The molecule has 2 N–H and O–H groups in total. The molecule has 1 amide bonds. The van der Waals surface area contributed by atoms with E-state index in [1.165, 1.54) is 0 Å². The predicted octanol–water partition coefficient (Wildman–Crippen LogP) is 1.49. The summed E-state index contributed by atoms with van der Waals surface area (Å²) in [4.78, 5) is 12.0. The highest BCUT2D eigenvalue weighted by Gasteiger charge is 2.32. The van der Waals surface area contributed by atoms with Crippen LogP contribution in [0.15, 0.2) is 24.3 Å². The molecule has 116 valence electrons. The van der Waals surface area contributed by atoms with Crippen LogP contribution in [0.25, 0.3) is 0 Å². The molecule has 1 heterocycles. The summed E-state index contributed by atoms with van der Waals surface area (Å²) in [6.45, 7) is 5.54. The van der Waals surface area contributed by atoms with Crippen LogP contribution in [0, 0.1) is 0 Å². The number of aliphatic hydroxyl groups is 1. The minimum absolute atomic E-state index is 0.183. The first-order valence-corrected chi connectivity index (χ1v) is 7.27. The smallest absolute Gasteiger partial charge is 0.251 e. The van der Waals surface area contributed by atoms with Gasteiger partial charge in [0.25, 0.3) is 5.91 Å². The quantitative estimate of drug-likeness (QED) is 0.834. The van der Waals surface area contributed by atoms with Crippen molar-refractivity contribution >= 4 is 5.91 Å². The fourth-order valence-electron chi connectivity index (χ4n) is 2.10. The number of amides is 1. The number of hydrogen-bond acceptors (Lipinski definition) is 4. The summed E-state index contributed by atoms with van der Waals surface area (Å²) in [6, 6.07) is 7.29. The number of rotatable bonds is 6. The van der Waals surface area contributed by atoms with Gasteiger partial charge in [-0.05, 0) is 31.5 Å². The van der Waals surface area contributed by atoms with Gasteiger partial charge in [0.15, 0.2) is 0 Å². The second-order valence-corrected chi connectivity index (χ2v) is 5.77. The molecule has 0 aliphatic carbocycles. The van der Waals surface area contributed by atoms with Crippen molar-refractivity contribution in [3.63, 3.8) is 0 Å². The van der Waals surface area contributed by atoms with Crippen molar-refractivity contribution in [2.75, 3.05) is 19.8 Å². The Hall–Kier alpha value is -1.43. The summed E-state index contributed by atoms with van der Waals surface area (Å²) < 4.78 is 10.7. The minimum Gasteiger partial charge on any atom is -0.386 e. The van der Waals surface area contributed by atoms with E-state index in [1.54, 1.807) is 12.1 Å². The summed E-state index contributed by atoms with van der Waals surface area (Å²) in [6.07, 6.45) is 0.737. The van der Waals surface area contributed by atoms with E-state index in [0.717, 1.165) is 5.56 Å². The van der Waals surface area contributed by atoms with E-state index in [0.29, 0.717) is 25.2 Å². The molecule has 5 heteroatoms. The SMILES string of the molecule is CC(C)OCc1ccc(C(=O)NCC2(O)CCOC2)cc1. The topological polar surface area (TPSA) is 67.8 Å². The monoisotopic (exact) mass is 293 g/mol. The minimum atomic E-state index is -0.930. The largest absolute Gasteiger partial charge is 0.386 e. The molecule has 0 aromatic heterocycles. The molecule has 0 saturated carbocycles. The van der Waals surface area contributed by atoms with Crippen molar-refractivity contribution in [3.8, 4) is 0 Å². The zero-order valence-electron chi connectivity index (χ0n) is 12.6. The maximum atomic E-state index is 12.0. The van der Waals surface area contributed by atoms with Crippen LogP contribution in [-0.4, -0.2) is 42.5 Å². The van der Waals surface area contributed by atoms with Crippen LogP contribution in [0.1, 0.15) is 36.2 Å². The Morgan fingerprint density at radius 2 is 2.14 bits per heavy atom. The van der Waals surface area contributed by atoms with Gasteiger partial charge in [0.05, 0.1) is 19.3 Å². The van der Waals surface area contributed by atoms with Crippen molar-refractivity contribution in [1.29, 1.82) is 0 Å². The highest BCUT2D eigenvalue weighted by molar-refractivity contribution is 5.94. The molecular formula is C16H23NO4. The lowest BCUT2D eigenvalue weighted by atomic mass is 10.0. The van der Waals surface area contributed by atoms with Crippen LogP contribution in [0.4, 0.5) is 0 Å². The van der Waals surface area contributed by atoms with E-state index < -0.39 is 5.60 Å². The summed E-state index contributed by atoms with van der Waals surface area (Å²) in [5.41, 5.74) is 0.676. The highest BCUT2D eigenvalue weighted by atomic mass is 16.5. The summed E-state index contributed by atoms with van der Waals surface area (Å²) in [7, 11) is 0. The van der Waals surface area contributed by atoms with Gasteiger partial charge in [0, 0.05) is 25.1 Å². The fraction of sp³-hybridized carbons (Fsp3) is 0.562. The number of ether oxygens (including phenoxy) is 2. The van der Waals surface area contributed by atoms with Crippen LogP contribution < -0.4 is 5.32 Å². The van der Waals surface area contributed by atoms with Gasteiger partial charge in [0.2, 0.25) is 0 Å². The Bertz CT molecular complexity index is 464. The van der Waals surface area contributed by atoms with Gasteiger partial charge in [-0.15, -0.1) is 0 Å². The Morgan fingerprint density at radius 3 is 2.71 bits per heavy atom. The maximum Gasteiger partial charge on any atom is 0.251 e. The predicted molar refractivity (Wildman–Crippen MR) is 79.1 cm³/mol. The second-order valence-electron chi connectivity index (χ2n) is 5.77. The van der Waals surface area contributed by atoms with Crippen LogP contribution in [0.5, 0.6) is 0 Å². The van der Waals surface area contributed by atoms with Crippen molar-refractivity contribution < 1.29 is 19.4 Å². The summed E-state index contributed by atoms with van der Waals surface area (Å²) in [5, 5.41) is 12.8. The molecule has 5 nitrogen and oxygen atoms in total. The summed E-state index contributed by atoms with van der Waals surface area (Å²) >= 11 is 0. The second kappa shape index (κ2) is 7.02. The Morgan fingerprint density at radius 1 is 1.43 bits per heavy atom. The molecular weight excluding hydrogens is 270 g/mol. The number of benzene rings is 1. The van der Waals surface area contributed by atoms with Gasteiger partial charge in [-0.2, -0.15) is 0 Å². The number of carbonyl (C=O) groups is 1. The standard InChI is InChI=1S/C16H23NO4/c1-12(2)21-9-13-3-5-14(6-4-13)15(18)17-10-16(19)7-8-20-11-16/h3-6,12,19H,7-11H2,1-2H3,(H,17,18). The Kier molecular flexibility index (Phi) is 5.33. The number of nitrogens with one attached hydrogen (secondary N) is 1. The highest BCUT2D eigenvalue weighted by Crippen LogP contribution is 2.17. The Balaban J connectivity index is 1.84. The van der Waals surface area contributed by atoms with Gasteiger partial charge in [-0.1, -0.05) is 12.1 Å². The van der Waals surface area contributed by atoms with Crippen LogP contribution in [0.3, 0.4) is 0 Å². The molecule has 1 atom stereocenters.